The van der Waals surface area contributed by atoms with Gasteiger partial charge in [0.1, 0.15) is 5.82 Å². The van der Waals surface area contributed by atoms with Crippen LogP contribution in [0.3, 0.4) is 0 Å². The molecule has 1 aliphatic rings. The first-order valence-electron chi connectivity index (χ1n) is 5.75. The standard InChI is InChI=1S/C7H8FN.C6H13N/c8-7-3-1-6(5-9)2-4-7;1-6-3-4-7(2)5-6/h1-4H,5,9H2;6H,3-5H2,1-2H3. The number of hydrogen-bond donors (Lipinski definition) is 1. The average molecular weight is 224 g/mol. The molecule has 90 valence electrons. The highest BCUT2D eigenvalue weighted by Crippen LogP contribution is 2.11. The Bertz CT molecular complexity index is 289. The Morgan fingerprint density at radius 3 is 2.31 bits per heavy atom. The number of likely N-dealkylation sites (tertiary alicyclic amines) is 1. The summed E-state index contributed by atoms with van der Waals surface area (Å²) in [6, 6.07) is 6.16. The second-order valence-electron chi connectivity index (χ2n) is 4.49. The van der Waals surface area contributed by atoms with Crippen molar-refractivity contribution in [3.8, 4) is 0 Å². The van der Waals surface area contributed by atoms with Crippen LogP contribution in [0.1, 0.15) is 18.9 Å². The average Bonchev–Trinajstić information content (AvgIpc) is 2.65. The van der Waals surface area contributed by atoms with E-state index >= 15 is 0 Å². The predicted octanol–water partition coefficient (Wildman–Crippen LogP) is 2.24. The zero-order valence-corrected chi connectivity index (χ0v) is 10.1. The Hall–Kier alpha value is -0.930. The first-order chi connectivity index (χ1) is 7.61. The van der Waals surface area contributed by atoms with Crippen molar-refractivity contribution >= 4 is 0 Å². The van der Waals surface area contributed by atoms with Crippen LogP contribution in [0, 0.1) is 11.7 Å². The van der Waals surface area contributed by atoms with Gasteiger partial charge in [-0.2, -0.15) is 0 Å². The Morgan fingerprint density at radius 1 is 1.38 bits per heavy atom. The van der Waals surface area contributed by atoms with E-state index in [1.807, 2.05) is 0 Å². The van der Waals surface area contributed by atoms with Crippen molar-refractivity contribution < 1.29 is 4.39 Å². The molecule has 0 bridgehead atoms. The zero-order valence-electron chi connectivity index (χ0n) is 10.1. The molecule has 0 aliphatic carbocycles. The second-order valence-corrected chi connectivity index (χ2v) is 4.49. The quantitative estimate of drug-likeness (QED) is 0.792. The van der Waals surface area contributed by atoms with E-state index in [0.717, 1.165) is 11.5 Å². The van der Waals surface area contributed by atoms with Crippen LogP contribution in [0.4, 0.5) is 4.39 Å². The van der Waals surface area contributed by atoms with E-state index in [0.29, 0.717) is 6.54 Å². The fraction of sp³-hybridized carbons (Fsp3) is 0.538. The van der Waals surface area contributed by atoms with Gasteiger partial charge in [0.25, 0.3) is 0 Å². The molecule has 2 nitrogen and oxygen atoms in total. The van der Waals surface area contributed by atoms with E-state index < -0.39 is 0 Å². The molecule has 1 aliphatic heterocycles. The smallest absolute Gasteiger partial charge is 0.123 e. The van der Waals surface area contributed by atoms with E-state index in [-0.39, 0.29) is 5.82 Å². The lowest BCUT2D eigenvalue weighted by Gasteiger charge is -2.03. The van der Waals surface area contributed by atoms with E-state index in [1.54, 1.807) is 12.1 Å². The lowest BCUT2D eigenvalue weighted by atomic mass is 10.2. The van der Waals surface area contributed by atoms with Crippen LogP contribution in [0.2, 0.25) is 0 Å². The van der Waals surface area contributed by atoms with Crippen molar-refractivity contribution in [1.29, 1.82) is 0 Å². The SMILES string of the molecule is CC1CCN(C)C1.NCc1ccc(F)cc1. The number of halogens is 1. The largest absolute Gasteiger partial charge is 0.326 e. The first kappa shape index (κ1) is 13.1. The van der Waals surface area contributed by atoms with Gasteiger partial charge in [-0.1, -0.05) is 19.1 Å². The van der Waals surface area contributed by atoms with Crippen molar-refractivity contribution in [3.05, 3.63) is 35.6 Å². The molecule has 2 N–H and O–H groups in total. The summed E-state index contributed by atoms with van der Waals surface area (Å²) >= 11 is 0. The van der Waals surface area contributed by atoms with Crippen LogP contribution in [-0.4, -0.2) is 25.0 Å². The van der Waals surface area contributed by atoms with Crippen LogP contribution in [-0.2, 0) is 6.54 Å². The topological polar surface area (TPSA) is 29.3 Å². The summed E-state index contributed by atoms with van der Waals surface area (Å²) in [5, 5.41) is 0. The number of nitrogens with two attached hydrogens (primary N) is 1. The number of nitrogens with zero attached hydrogens (tertiary/aromatic N) is 1. The third-order valence-electron chi connectivity index (χ3n) is 2.78. The van der Waals surface area contributed by atoms with Crippen molar-refractivity contribution in [1.82, 2.24) is 4.90 Å². The molecule has 2 rings (SSSR count). The van der Waals surface area contributed by atoms with Gasteiger partial charge in [-0.05, 0) is 43.6 Å². The molecule has 0 amide bonds. The van der Waals surface area contributed by atoms with Gasteiger partial charge in [-0.25, -0.2) is 4.39 Å². The van der Waals surface area contributed by atoms with Crippen molar-refractivity contribution in [2.75, 3.05) is 20.1 Å². The Kier molecular flexibility index (Phi) is 5.43. The summed E-state index contributed by atoms with van der Waals surface area (Å²) in [7, 11) is 2.18. The molecule has 0 aromatic heterocycles. The molecule has 1 atom stereocenters. The van der Waals surface area contributed by atoms with E-state index in [4.69, 9.17) is 5.73 Å². The molecular formula is C13H21FN2. The number of rotatable bonds is 1. The van der Waals surface area contributed by atoms with Crippen LogP contribution in [0.15, 0.2) is 24.3 Å². The van der Waals surface area contributed by atoms with Gasteiger partial charge < -0.3 is 10.6 Å². The maximum atomic E-state index is 12.2. The van der Waals surface area contributed by atoms with Gasteiger partial charge in [-0.3, -0.25) is 0 Å². The monoisotopic (exact) mass is 224 g/mol. The molecule has 0 radical (unpaired) electrons. The normalized spacial score (nSPS) is 20.4. The molecule has 1 fully saturated rings. The maximum absolute atomic E-state index is 12.2. The van der Waals surface area contributed by atoms with Gasteiger partial charge in [-0.15, -0.1) is 0 Å². The molecule has 1 heterocycles. The van der Waals surface area contributed by atoms with Gasteiger partial charge in [0.2, 0.25) is 0 Å². The molecule has 16 heavy (non-hydrogen) atoms. The predicted molar refractivity (Wildman–Crippen MR) is 65.6 cm³/mol. The fourth-order valence-electron chi connectivity index (χ4n) is 1.78. The van der Waals surface area contributed by atoms with Crippen molar-refractivity contribution in [2.24, 2.45) is 11.7 Å². The van der Waals surface area contributed by atoms with Crippen LogP contribution in [0.25, 0.3) is 0 Å². The van der Waals surface area contributed by atoms with E-state index in [2.05, 4.69) is 18.9 Å². The minimum Gasteiger partial charge on any atom is -0.326 e. The van der Waals surface area contributed by atoms with Crippen molar-refractivity contribution in [2.45, 2.75) is 19.9 Å². The van der Waals surface area contributed by atoms with Gasteiger partial charge in [0, 0.05) is 13.1 Å². The second kappa shape index (κ2) is 6.61. The van der Waals surface area contributed by atoms with Crippen LogP contribution in [0.5, 0.6) is 0 Å². The Balaban J connectivity index is 0.000000165. The molecule has 0 spiro atoms. The number of hydrogen-bond acceptors (Lipinski definition) is 2. The summed E-state index contributed by atoms with van der Waals surface area (Å²) in [6.45, 7) is 5.39. The third-order valence-corrected chi connectivity index (χ3v) is 2.78. The molecule has 1 aromatic carbocycles. The van der Waals surface area contributed by atoms with Gasteiger partial charge >= 0.3 is 0 Å². The molecule has 1 aromatic rings. The third kappa shape index (κ3) is 4.73. The zero-order chi connectivity index (χ0) is 12.0. The summed E-state index contributed by atoms with van der Waals surface area (Å²) in [5.74, 6) is 0.734. The van der Waals surface area contributed by atoms with Crippen LogP contribution >= 0.6 is 0 Å². The molecule has 1 saturated heterocycles. The maximum Gasteiger partial charge on any atom is 0.123 e. The highest BCUT2D eigenvalue weighted by atomic mass is 19.1. The molecule has 3 heteroatoms. The lowest BCUT2D eigenvalue weighted by Crippen LogP contribution is -2.12. The summed E-state index contributed by atoms with van der Waals surface area (Å²) in [5.41, 5.74) is 6.23. The van der Waals surface area contributed by atoms with Crippen LogP contribution < -0.4 is 5.73 Å². The van der Waals surface area contributed by atoms with E-state index in [1.165, 1.54) is 31.6 Å². The Labute approximate surface area is 97.3 Å². The van der Waals surface area contributed by atoms with E-state index in [9.17, 15) is 4.39 Å². The fourth-order valence-corrected chi connectivity index (χ4v) is 1.78. The number of benzene rings is 1. The minimum atomic E-state index is -0.216. The molecular weight excluding hydrogens is 203 g/mol. The van der Waals surface area contributed by atoms with Gasteiger partial charge in [0.15, 0.2) is 0 Å². The summed E-state index contributed by atoms with van der Waals surface area (Å²) in [6.07, 6.45) is 1.40. The van der Waals surface area contributed by atoms with Gasteiger partial charge in [0.05, 0.1) is 0 Å². The molecule has 1 unspecified atom stereocenters. The highest BCUT2D eigenvalue weighted by molar-refractivity contribution is 5.15. The minimum absolute atomic E-state index is 0.216. The van der Waals surface area contributed by atoms with Crippen molar-refractivity contribution in [3.63, 3.8) is 0 Å². The lowest BCUT2D eigenvalue weighted by molar-refractivity contribution is 0.402. The summed E-state index contributed by atoms with van der Waals surface area (Å²) < 4.78 is 12.2. The summed E-state index contributed by atoms with van der Waals surface area (Å²) in [4.78, 5) is 2.38. The Morgan fingerprint density at radius 2 is 2.00 bits per heavy atom. The molecule has 0 saturated carbocycles. The first-order valence-corrected chi connectivity index (χ1v) is 5.75. The highest BCUT2D eigenvalue weighted by Gasteiger charge is 2.13.